The normalized spacial score (nSPS) is 15.6. The average Bonchev–Trinajstić information content (AvgIpc) is 2.36. The van der Waals surface area contributed by atoms with Crippen LogP contribution in [0.1, 0.15) is 32.4 Å². The molecule has 0 saturated heterocycles. The number of carbonyl (C=O) groups excluding carboxylic acids is 1. The summed E-state index contributed by atoms with van der Waals surface area (Å²) < 4.78 is 0. The zero-order chi connectivity index (χ0) is 14.4. The number of hydrogen-bond donors (Lipinski definition) is 2. The summed E-state index contributed by atoms with van der Waals surface area (Å²) in [4.78, 5) is 11.8. The van der Waals surface area contributed by atoms with E-state index in [2.05, 4.69) is 5.32 Å². The van der Waals surface area contributed by atoms with Gasteiger partial charge in [0.05, 0.1) is 17.9 Å². The first-order valence-electron chi connectivity index (χ1n) is 6.25. The molecule has 0 aliphatic carbocycles. The molecule has 19 heavy (non-hydrogen) atoms. The fourth-order valence-electron chi connectivity index (χ4n) is 1.53. The van der Waals surface area contributed by atoms with Gasteiger partial charge in [0.25, 0.3) is 0 Å². The Morgan fingerprint density at radius 3 is 2.58 bits per heavy atom. The van der Waals surface area contributed by atoms with E-state index in [1.807, 2.05) is 38.1 Å². The molecule has 1 aromatic carbocycles. The van der Waals surface area contributed by atoms with Gasteiger partial charge >= 0.3 is 0 Å². The predicted molar refractivity (Wildman–Crippen MR) is 81.6 cm³/mol. The number of thioether (sulfide) groups is 1. The summed E-state index contributed by atoms with van der Waals surface area (Å²) in [5, 5.41) is 13.0. The summed E-state index contributed by atoms with van der Waals surface area (Å²) in [6.45, 7) is 5.53. The van der Waals surface area contributed by atoms with Gasteiger partial charge < -0.3 is 10.4 Å². The number of rotatable bonds is 6. The molecule has 2 N–H and O–H groups in total. The van der Waals surface area contributed by atoms with Crippen LogP contribution in [0.2, 0.25) is 5.02 Å². The van der Waals surface area contributed by atoms with E-state index in [9.17, 15) is 9.90 Å². The summed E-state index contributed by atoms with van der Waals surface area (Å²) >= 11 is 7.52. The smallest absolute Gasteiger partial charge is 0.230 e. The highest BCUT2D eigenvalue weighted by Gasteiger charge is 2.15. The van der Waals surface area contributed by atoms with Crippen molar-refractivity contribution in [3.8, 4) is 0 Å². The lowest BCUT2D eigenvalue weighted by Gasteiger charge is -2.17. The minimum Gasteiger partial charge on any atom is -0.392 e. The van der Waals surface area contributed by atoms with Gasteiger partial charge in [-0.25, -0.2) is 0 Å². The molecule has 0 fully saturated rings. The van der Waals surface area contributed by atoms with E-state index in [0.29, 0.717) is 10.8 Å². The van der Waals surface area contributed by atoms with Gasteiger partial charge in [0.2, 0.25) is 5.91 Å². The summed E-state index contributed by atoms with van der Waals surface area (Å²) in [5.41, 5.74) is 0.908. The van der Waals surface area contributed by atoms with Crippen molar-refractivity contribution in [2.24, 2.45) is 0 Å². The van der Waals surface area contributed by atoms with Crippen LogP contribution in [0.15, 0.2) is 24.3 Å². The topological polar surface area (TPSA) is 49.3 Å². The maximum Gasteiger partial charge on any atom is 0.230 e. The summed E-state index contributed by atoms with van der Waals surface area (Å²) in [6, 6.07) is 7.35. The minimum absolute atomic E-state index is 0.0429. The first-order chi connectivity index (χ1) is 8.91. The number of amides is 1. The largest absolute Gasteiger partial charge is 0.392 e. The highest BCUT2D eigenvalue weighted by Crippen LogP contribution is 2.22. The molecule has 0 aliphatic heterocycles. The maximum atomic E-state index is 11.8. The highest BCUT2D eigenvalue weighted by atomic mass is 35.5. The Morgan fingerprint density at radius 1 is 1.37 bits per heavy atom. The van der Waals surface area contributed by atoms with Crippen molar-refractivity contribution in [3.05, 3.63) is 34.9 Å². The molecular weight excluding hydrogens is 282 g/mol. The van der Waals surface area contributed by atoms with Gasteiger partial charge in [-0.1, -0.05) is 36.7 Å². The third-order valence-electron chi connectivity index (χ3n) is 2.91. The van der Waals surface area contributed by atoms with E-state index in [1.54, 1.807) is 6.92 Å². The Morgan fingerprint density at radius 2 is 2.00 bits per heavy atom. The zero-order valence-corrected chi connectivity index (χ0v) is 13.0. The molecule has 0 heterocycles. The quantitative estimate of drug-likeness (QED) is 0.849. The lowest BCUT2D eigenvalue weighted by molar-refractivity contribution is -0.119. The predicted octanol–water partition coefficient (Wildman–Crippen LogP) is 3.02. The van der Waals surface area contributed by atoms with Crippen molar-refractivity contribution in [3.63, 3.8) is 0 Å². The number of aliphatic hydroxyl groups excluding tert-OH is 1. The minimum atomic E-state index is -0.418. The number of nitrogens with one attached hydrogen (secondary N) is 1. The van der Waals surface area contributed by atoms with Crippen LogP contribution in [-0.2, 0) is 4.79 Å². The molecule has 3 nitrogen and oxygen atoms in total. The third-order valence-corrected chi connectivity index (χ3v) is 4.60. The number of halogens is 1. The Bertz CT molecular complexity index is 426. The molecule has 0 saturated carbocycles. The van der Waals surface area contributed by atoms with Gasteiger partial charge in [-0.3, -0.25) is 4.79 Å². The Hall–Kier alpha value is -0.710. The standard InChI is InChI=1S/C14H20ClNO2S/c1-9(12-6-4-5-7-13(12)15)16-14(18)8-19-11(3)10(2)17/h4-7,9-11,17H,8H2,1-3H3,(H,16,18). The van der Waals surface area contributed by atoms with Crippen LogP contribution in [0.4, 0.5) is 0 Å². The maximum absolute atomic E-state index is 11.8. The first kappa shape index (κ1) is 16.3. The van der Waals surface area contributed by atoms with E-state index >= 15 is 0 Å². The third kappa shape index (κ3) is 5.43. The van der Waals surface area contributed by atoms with Crippen molar-refractivity contribution < 1.29 is 9.90 Å². The van der Waals surface area contributed by atoms with E-state index in [1.165, 1.54) is 11.8 Å². The number of aliphatic hydroxyl groups is 1. The van der Waals surface area contributed by atoms with Crippen LogP contribution in [0.25, 0.3) is 0 Å². The van der Waals surface area contributed by atoms with Crippen molar-refractivity contribution in [1.29, 1.82) is 0 Å². The number of hydrogen-bond acceptors (Lipinski definition) is 3. The lowest BCUT2D eigenvalue weighted by atomic mass is 10.1. The van der Waals surface area contributed by atoms with E-state index < -0.39 is 6.10 Å². The summed E-state index contributed by atoms with van der Waals surface area (Å²) in [6.07, 6.45) is -0.418. The molecule has 3 atom stereocenters. The highest BCUT2D eigenvalue weighted by molar-refractivity contribution is 8.00. The Kier molecular flexibility index (Phi) is 6.69. The number of benzene rings is 1. The molecule has 106 valence electrons. The molecule has 0 aromatic heterocycles. The second-order valence-electron chi connectivity index (χ2n) is 4.57. The van der Waals surface area contributed by atoms with Crippen molar-refractivity contribution in [2.45, 2.75) is 38.2 Å². The molecule has 0 bridgehead atoms. The van der Waals surface area contributed by atoms with Crippen molar-refractivity contribution in [1.82, 2.24) is 5.32 Å². The lowest BCUT2D eigenvalue weighted by Crippen LogP contribution is -2.29. The fourth-order valence-corrected chi connectivity index (χ4v) is 2.61. The monoisotopic (exact) mass is 301 g/mol. The van der Waals surface area contributed by atoms with Crippen LogP contribution < -0.4 is 5.32 Å². The molecule has 0 aliphatic rings. The Balaban J connectivity index is 2.47. The second-order valence-corrected chi connectivity index (χ2v) is 6.34. The van der Waals surface area contributed by atoms with Crippen LogP contribution in [-0.4, -0.2) is 28.1 Å². The number of carbonyl (C=O) groups is 1. The molecule has 0 radical (unpaired) electrons. The average molecular weight is 302 g/mol. The Labute approximate surface area is 123 Å². The second kappa shape index (κ2) is 7.78. The van der Waals surface area contributed by atoms with Gasteiger partial charge in [-0.2, -0.15) is 0 Å². The van der Waals surface area contributed by atoms with Gasteiger partial charge in [0, 0.05) is 10.3 Å². The molecule has 1 rings (SSSR count). The van der Waals surface area contributed by atoms with Crippen LogP contribution >= 0.6 is 23.4 Å². The van der Waals surface area contributed by atoms with E-state index in [-0.39, 0.29) is 17.2 Å². The van der Waals surface area contributed by atoms with E-state index in [4.69, 9.17) is 11.6 Å². The van der Waals surface area contributed by atoms with Crippen LogP contribution in [0.3, 0.4) is 0 Å². The summed E-state index contributed by atoms with van der Waals surface area (Å²) in [7, 11) is 0. The van der Waals surface area contributed by atoms with Crippen molar-refractivity contribution in [2.75, 3.05) is 5.75 Å². The molecule has 1 aromatic rings. The molecule has 3 unspecified atom stereocenters. The molecule has 1 amide bonds. The molecule has 5 heteroatoms. The first-order valence-corrected chi connectivity index (χ1v) is 7.68. The molecular formula is C14H20ClNO2S. The van der Waals surface area contributed by atoms with Crippen molar-refractivity contribution >= 4 is 29.3 Å². The van der Waals surface area contributed by atoms with Gasteiger partial charge in [0.1, 0.15) is 0 Å². The van der Waals surface area contributed by atoms with Crippen LogP contribution in [0.5, 0.6) is 0 Å². The zero-order valence-electron chi connectivity index (χ0n) is 11.4. The van der Waals surface area contributed by atoms with E-state index in [0.717, 1.165) is 5.56 Å². The SMILES string of the molecule is CC(NC(=O)CSC(C)C(C)O)c1ccccc1Cl. The van der Waals surface area contributed by atoms with Gasteiger partial charge in [-0.15, -0.1) is 11.8 Å². The van der Waals surface area contributed by atoms with Crippen LogP contribution in [0, 0.1) is 0 Å². The molecule has 0 spiro atoms. The van der Waals surface area contributed by atoms with Gasteiger partial charge in [-0.05, 0) is 25.5 Å². The fraction of sp³-hybridized carbons (Fsp3) is 0.500. The summed E-state index contributed by atoms with van der Waals surface area (Å²) in [5.74, 6) is 0.283. The van der Waals surface area contributed by atoms with Gasteiger partial charge in [0.15, 0.2) is 0 Å².